The van der Waals surface area contributed by atoms with Gasteiger partial charge in [-0.3, -0.25) is 0 Å². The van der Waals surface area contributed by atoms with Gasteiger partial charge in [0.1, 0.15) is 12.4 Å². The summed E-state index contributed by atoms with van der Waals surface area (Å²) >= 11 is 0. The minimum absolute atomic E-state index is 0.580. The van der Waals surface area contributed by atoms with Crippen LogP contribution < -0.4 is 0 Å². The quantitative estimate of drug-likeness (QED) is 0.721. The predicted molar refractivity (Wildman–Crippen MR) is 75.4 cm³/mol. The van der Waals surface area contributed by atoms with Crippen molar-refractivity contribution in [2.45, 2.75) is 6.61 Å². The lowest BCUT2D eigenvalue weighted by Gasteiger charge is -2.08. The van der Waals surface area contributed by atoms with E-state index in [1.807, 2.05) is 30.4 Å². The lowest BCUT2D eigenvalue weighted by molar-refractivity contribution is 0.0691. The third kappa shape index (κ3) is 2.85. The Balaban J connectivity index is 1.40. The highest BCUT2D eigenvalue weighted by atomic mass is 16.5. The van der Waals surface area contributed by atoms with Crippen molar-refractivity contribution in [2.24, 2.45) is 0 Å². The monoisotopic (exact) mass is 252 g/mol. The van der Waals surface area contributed by atoms with Gasteiger partial charge in [0, 0.05) is 5.57 Å². The van der Waals surface area contributed by atoms with Gasteiger partial charge in [0.15, 0.2) is 0 Å². The molecule has 2 heteroatoms. The Hall–Kier alpha value is -2.06. The van der Waals surface area contributed by atoms with Crippen molar-refractivity contribution in [2.75, 3.05) is 13.2 Å². The molecule has 0 aromatic heterocycles. The van der Waals surface area contributed by atoms with E-state index in [2.05, 4.69) is 30.4 Å². The van der Waals surface area contributed by atoms with Gasteiger partial charge < -0.3 is 9.47 Å². The van der Waals surface area contributed by atoms with Gasteiger partial charge in [-0.1, -0.05) is 54.6 Å². The number of hydrogen-bond acceptors (Lipinski definition) is 2. The van der Waals surface area contributed by atoms with Gasteiger partial charge >= 0.3 is 0 Å². The molecule has 0 aliphatic heterocycles. The zero-order valence-electron chi connectivity index (χ0n) is 10.7. The van der Waals surface area contributed by atoms with Crippen molar-refractivity contribution < 1.29 is 9.47 Å². The minimum atomic E-state index is 0.580. The molecule has 0 amide bonds. The van der Waals surface area contributed by atoms with E-state index in [0.29, 0.717) is 19.8 Å². The van der Waals surface area contributed by atoms with Crippen molar-refractivity contribution in [3.8, 4) is 0 Å². The van der Waals surface area contributed by atoms with Gasteiger partial charge in [0.25, 0.3) is 0 Å². The lowest BCUT2D eigenvalue weighted by atomic mass is 10.2. The van der Waals surface area contributed by atoms with Gasteiger partial charge in [-0.2, -0.15) is 0 Å². The summed E-state index contributed by atoms with van der Waals surface area (Å²) in [7, 11) is 0. The van der Waals surface area contributed by atoms with Crippen LogP contribution in [0.15, 0.2) is 77.6 Å². The second-order valence-electron chi connectivity index (χ2n) is 4.48. The van der Waals surface area contributed by atoms with Crippen LogP contribution in [0.3, 0.4) is 0 Å². The van der Waals surface area contributed by atoms with Crippen molar-refractivity contribution >= 4 is 0 Å². The second-order valence-corrected chi connectivity index (χ2v) is 4.48. The molecule has 0 unspecified atom stereocenters. The summed E-state index contributed by atoms with van der Waals surface area (Å²) in [5, 5.41) is 0. The summed E-state index contributed by atoms with van der Waals surface area (Å²) in [5.41, 5.74) is 3.61. The van der Waals surface area contributed by atoms with Crippen LogP contribution in [0.2, 0.25) is 0 Å². The first kappa shape index (κ1) is 12.0. The standard InChI is InChI=1S/C17H16O2/c1-2-5-14(6-3-1)13-18-11-12-19-17-10-9-15-7-4-8-16(15)17/h1-10H,11-13H2. The molecule has 0 radical (unpaired) electrons. The Labute approximate surface area is 113 Å². The number of allylic oxidation sites excluding steroid dienone is 7. The van der Waals surface area contributed by atoms with Crippen LogP contribution in [-0.4, -0.2) is 13.2 Å². The first-order valence-electron chi connectivity index (χ1n) is 6.49. The average molecular weight is 252 g/mol. The van der Waals surface area contributed by atoms with Gasteiger partial charge in [0.05, 0.1) is 13.2 Å². The van der Waals surface area contributed by atoms with Gasteiger partial charge in [-0.15, -0.1) is 0 Å². The van der Waals surface area contributed by atoms with Crippen LogP contribution in [0, 0.1) is 0 Å². The third-order valence-electron chi connectivity index (χ3n) is 3.13. The maximum absolute atomic E-state index is 5.73. The molecular formula is C17H16O2. The zero-order chi connectivity index (χ0) is 12.9. The molecule has 1 aromatic carbocycles. The Morgan fingerprint density at radius 1 is 0.895 bits per heavy atom. The molecule has 0 bridgehead atoms. The van der Waals surface area contributed by atoms with E-state index in [1.54, 1.807) is 0 Å². The molecule has 96 valence electrons. The fourth-order valence-corrected chi connectivity index (χ4v) is 2.16. The van der Waals surface area contributed by atoms with E-state index in [1.165, 1.54) is 16.7 Å². The Kier molecular flexibility index (Phi) is 3.61. The van der Waals surface area contributed by atoms with Gasteiger partial charge in [-0.05, 0) is 17.2 Å². The maximum atomic E-state index is 5.73. The fraction of sp³-hybridized carbons (Fsp3) is 0.176. The molecule has 2 aliphatic carbocycles. The summed E-state index contributed by atoms with van der Waals surface area (Å²) in [6.07, 6.45) is 10.3. The van der Waals surface area contributed by atoms with Crippen LogP contribution in [0.25, 0.3) is 0 Å². The van der Waals surface area contributed by atoms with Gasteiger partial charge in [-0.25, -0.2) is 0 Å². The molecule has 19 heavy (non-hydrogen) atoms. The molecule has 1 aromatic rings. The fourth-order valence-electron chi connectivity index (χ4n) is 2.16. The minimum Gasteiger partial charge on any atom is -0.491 e. The molecule has 0 spiro atoms. The molecular weight excluding hydrogens is 236 g/mol. The predicted octanol–water partition coefficient (Wildman–Crippen LogP) is 3.54. The summed E-state index contributed by atoms with van der Waals surface area (Å²) < 4.78 is 11.3. The van der Waals surface area contributed by atoms with Crippen molar-refractivity contribution in [3.05, 3.63) is 83.2 Å². The first-order chi connectivity index (χ1) is 9.43. The molecule has 0 fully saturated rings. The van der Waals surface area contributed by atoms with E-state index < -0.39 is 0 Å². The van der Waals surface area contributed by atoms with Crippen LogP contribution in [0.1, 0.15) is 5.56 Å². The zero-order valence-corrected chi connectivity index (χ0v) is 10.7. The molecule has 2 aliphatic rings. The van der Waals surface area contributed by atoms with E-state index in [0.717, 1.165) is 5.76 Å². The number of fused-ring (bicyclic) bond motifs is 1. The largest absolute Gasteiger partial charge is 0.491 e. The number of ether oxygens (including phenoxy) is 2. The summed E-state index contributed by atoms with van der Waals surface area (Å²) in [4.78, 5) is 0. The van der Waals surface area contributed by atoms with Crippen LogP contribution in [-0.2, 0) is 16.1 Å². The molecule has 0 saturated heterocycles. The third-order valence-corrected chi connectivity index (χ3v) is 3.13. The molecule has 2 nitrogen and oxygen atoms in total. The van der Waals surface area contributed by atoms with E-state index in [4.69, 9.17) is 9.47 Å². The van der Waals surface area contributed by atoms with Crippen LogP contribution in [0.5, 0.6) is 0 Å². The summed E-state index contributed by atoms with van der Waals surface area (Å²) in [5.74, 6) is 0.948. The summed E-state index contributed by atoms with van der Waals surface area (Å²) in [6.45, 7) is 1.82. The Bertz CT molecular complexity index is 562. The van der Waals surface area contributed by atoms with E-state index >= 15 is 0 Å². The Morgan fingerprint density at radius 3 is 2.68 bits per heavy atom. The van der Waals surface area contributed by atoms with Crippen LogP contribution >= 0.6 is 0 Å². The molecule has 0 heterocycles. The van der Waals surface area contributed by atoms with Crippen LogP contribution in [0.4, 0.5) is 0 Å². The average Bonchev–Trinajstić information content (AvgIpc) is 3.04. The number of hydrogen-bond donors (Lipinski definition) is 0. The van der Waals surface area contributed by atoms with Crippen molar-refractivity contribution in [3.63, 3.8) is 0 Å². The molecule has 3 rings (SSSR count). The molecule has 0 N–H and O–H groups in total. The van der Waals surface area contributed by atoms with Crippen molar-refractivity contribution in [1.29, 1.82) is 0 Å². The summed E-state index contributed by atoms with van der Waals surface area (Å²) in [6, 6.07) is 10.2. The van der Waals surface area contributed by atoms with Crippen molar-refractivity contribution in [1.82, 2.24) is 0 Å². The number of rotatable bonds is 6. The normalized spacial score (nSPS) is 15.9. The highest BCUT2D eigenvalue weighted by Crippen LogP contribution is 2.30. The van der Waals surface area contributed by atoms with E-state index in [-0.39, 0.29) is 0 Å². The molecule has 0 atom stereocenters. The maximum Gasteiger partial charge on any atom is 0.127 e. The van der Waals surface area contributed by atoms with Gasteiger partial charge in [0.2, 0.25) is 0 Å². The SMILES string of the molecule is C1=CC2=C(OCCOCc3ccccc3)C=CC2=C1. The lowest BCUT2D eigenvalue weighted by Crippen LogP contribution is -2.04. The Morgan fingerprint density at radius 2 is 1.79 bits per heavy atom. The highest BCUT2D eigenvalue weighted by molar-refractivity contribution is 5.61. The smallest absolute Gasteiger partial charge is 0.127 e. The van der Waals surface area contributed by atoms with E-state index in [9.17, 15) is 0 Å². The first-order valence-corrected chi connectivity index (χ1v) is 6.49. The topological polar surface area (TPSA) is 18.5 Å². The highest BCUT2D eigenvalue weighted by Gasteiger charge is 2.15. The molecule has 0 saturated carbocycles. The second kappa shape index (κ2) is 5.72. The number of benzene rings is 1.